The van der Waals surface area contributed by atoms with Crippen LogP contribution in [0.4, 0.5) is 4.39 Å². The standard InChI is InChI=1S/C16H16FNO2S/c17-15-4-1-12(16(19)20)7-13(15)9-18(14-2-3-14)8-11-5-6-21-10-11/h1,4-7,10,14H,2-3,8-9H2,(H,19,20). The van der Waals surface area contributed by atoms with E-state index >= 15 is 0 Å². The highest BCUT2D eigenvalue weighted by Gasteiger charge is 2.29. The van der Waals surface area contributed by atoms with Crippen LogP contribution in [0.15, 0.2) is 35.0 Å². The minimum atomic E-state index is -1.02. The van der Waals surface area contributed by atoms with Crippen LogP contribution < -0.4 is 0 Å². The summed E-state index contributed by atoms with van der Waals surface area (Å²) < 4.78 is 13.9. The van der Waals surface area contributed by atoms with Crippen molar-refractivity contribution in [2.75, 3.05) is 0 Å². The quantitative estimate of drug-likeness (QED) is 0.883. The summed E-state index contributed by atoms with van der Waals surface area (Å²) in [7, 11) is 0. The average molecular weight is 305 g/mol. The normalized spacial score (nSPS) is 14.6. The zero-order valence-corrected chi connectivity index (χ0v) is 12.3. The van der Waals surface area contributed by atoms with Crippen molar-refractivity contribution in [3.63, 3.8) is 0 Å². The molecule has 5 heteroatoms. The van der Waals surface area contributed by atoms with Crippen LogP contribution in [0.2, 0.25) is 0 Å². The van der Waals surface area contributed by atoms with Crippen LogP contribution in [0.5, 0.6) is 0 Å². The van der Waals surface area contributed by atoms with Crippen molar-refractivity contribution in [3.8, 4) is 0 Å². The average Bonchev–Trinajstić information content (AvgIpc) is 3.18. The third-order valence-electron chi connectivity index (χ3n) is 3.70. The smallest absolute Gasteiger partial charge is 0.335 e. The van der Waals surface area contributed by atoms with Crippen LogP contribution in [0.1, 0.15) is 34.3 Å². The van der Waals surface area contributed by atoms with E-state index in [2.05, 4.69) is 16.3 Å². The van der Waals surface area contributed by atoms with E-state index in [9.17, 15) is 9.18 Å². The molecule has 0 bridgehead atoms. The topological polar surface area (TPSA) is 40.5 Å². The number of halogens is 1. The predicted molar refractivity (Wildman–Crippen MR) is 79.9 cm³/mol. The first-order chi connectivity index (χ1) is 10.1. The number of nitrogens with zero attached hydrogens (tertiary/aromatic N) is 1. The van der Waals surface area contributed by atoms with Gasteiger partial charge in [-0.05, 0) is 53.4 Å². The summed E-state index contributed by atoms with van der Waals surface area (Å²) in [5, 5.41) is 13.2. The van der Waals surface area contributed by atoms with Gasteiger partial charge in [0.25, 0.3) is 0 Å². The van der Waals surface area contributed by atoms with Crippen molar-refractivity contribution in [1.29, 1.82) is 0 Å². The summed E-state index contributed by atoms with van der Waals surface area (Å²) in [5.74, 6) is -1.36. The fraction of sp³-hybridized carbons (Fsp3) is 0.312. The first-order valence-electron chi connectivity index (χ1n) is 6.90. The number of carbonyl (C=O) groups is 1. The molecule has 1 N–H and O–H groups in total. The summed E-state index contributed by atoms with van der Waals surface area (Å²) in [6, 6.07) is 6.55. The minimum absolute atomic E-state index is 0.137. The number of benzene rings is 1. The van der Waals surface area contributed by atoms with E-state index in [-0.39, 0.29) is 11.4 Å². The molecule has 2 aromatic rings. The molecule has 0 amide bonds. The maximum atomic E-state index is 13.9. The molecule has 1 aromatic carbocycles. The van der Waals surface area contributed by atoms with Gasteiger partial charge in [-0.15, -0.1) is 0 Å². The van der Waals surface area contributed by atoms with Crippen molar-refractivity contribution < 1.29 is 14.3 Å². The lowest BCUT2D eigenvalue weighted by Crippen LogP contribution is -2.25. The molecule has 110 valence electrons. The number of rotatable bonds is 6. The van der Waals surface area contributed by atoms with E-state index < -0.39 is 5.97 Å². The van der Waals surface area contributed by atoms with E-state index in [0.717, 1.165) is 19.4 Å². The fourth-order valence-corrected chi connectivity index (χ4v) is 3.08. The fourth-order valence-electron chi connectivity index (χ4n) is 2.42. The Hall–Kier alpha value is -1.72. The molecule has 1 heterocycles. The minimum Gasteiger partial charge on any atom is -0.478 e. The molecule has 21 heavy (non-hydrogen) atoms. The van der Waals surface area contributed by atoms with Crippen molar-refractivity contribution >= 4 is 17.3 Å². The summed E-state index contributed by atoms with van der Waals surface area (Å²) in [6.45, 7) is 1.23. The van der Waals surface area contributed by atoms with Gasteiger partial charge in [0.15, 0.2) is 0 Å². The zero-order valence-electron chi connectivity index (χ0n) is 11.5. The van der Waals surface area contributed by atoms with Gasteiger partial charge in [-0.2, -0.15) is 11.3 Å². The molecule has 0 aliphatic heterocycles. The first-order valence-corrected chi connectivity index (χ1v) is 7.84. The number of hydrogen-bond acceptors (Lipinski definition) is 3. The number of carboxylic acid groups (broad SMARTS) is 1. The van der Waals surface area contributed by atoms with Gasteiger partial charge in [0.05, 0.1) is 5.56 Å². The van der Waals surface area contributed by atoms with Crippen LogP contribution in [0.25, 0.3) is 0 Å². The second-order valence-corrected chi connectivity index (χ2v) is 6.16. The van der Waals surface area contributed by atoms with Crippen molar-refractivity contribution in [3.05, 3.63) is 57.5 Å². The largest absolute Gasteiger partial charge is 0.478 e. The number of hydrogen-bond donors (Lipinski definition) is 1. The molecule has 0 atom stereocenters. The van der Waals surface area contributed by atoms with Gasteiger partial charge >= 0.3 is 5.97 Å². The van der Waals surface area contributed by atoms with Crippen LogP contribution in [-0.4, -0.2) is 22.0 Å². The third-order valence-corrected chi connectivity index (χ3v) is 4.43. The molecular formula is C16H16FNO2S. The Morgan fingerprint density at radius 2 is 2.14 bits per heavy atom. The maximum absolute atomic E-state index is 13.9. The maximum Gasteiger partial charge on any atom is 0.335 e. The second kappa shape index (κ2) is 5.95. The van der Waals surface area contributed by atoms with Crippen molar-refractivity contribution in [1.82, 2.24) is 4.90 Å². The van der Waals surface area contributed by atoms with Gasteiger partial charge in [0.1, 0.15) is 5.82 Å². The second-order valence-electron chi connectivity index (χ2n) is 5.38. The molecule has 0 spiro atoms. The SMILES string of the molecule is O=C(O)c1ccc(F)c(CN(Cc2ccsc2)C2CC2)c1. The molecular weight excluding hydrogens is 289 g/mol. The number of thiophene rings is 1. The van der Waals surface area contributed by atoms with Gasteiger partial charge in [0.2, 0.25) is 0 Å². The lowest BCUT2D eigenvalue weighted by Gasteiger charge is -2.22. The highest BCUT2D eigenvalue weighted by atomic mass is 32.1. The molecule has 1 saturated carbocycles. The van der Waals surface area contributed by atoms with Crippen LogP contribution in [0.3, 0.4) is 0 Å². The lowest BCUT2D eigenvalue weighted by atomic mass is 10.1. The van der Waals surface area contributed by atoms with Gasteiger partial charge in [0, 0.05) is 24.7 Å². The molecule has 0 saturated heterocycles. The molecule has 3 nitrogen and oxygen atoms in total. The summed E-state index contributed by atoms with van der Waals surface area (Å²) in [6.07, 6.45) is 2.26. The first kappa shape index (κ1) is 14.2. The van der Waals surface area contributed by atoms with Crippen molar-refractivity contribution in [2.45, 2.75) is 32.0 Å². The molecule has 1 aromatic heterocycles. The monoisotopic (exact) mass is 305 g/mol. The molecule has 3 rings (SSSR count). The van der Waals surface area contributed by atoms with Gasteiger partial charge in [-0.3, -0.25) is 4.90 Å². The van der Waals surface area contributed by atoms with Crippen LogP contribution >= 0.6 is 11.3 Å². The molecule has 1 aliphatic rings. The van der Waals surface area contributed by atoms with Crippen LogP contribution in [0, 0.1) is 5.82 Å². The van der Waals surface area contributed by atoms with E-state index in [1.807, 2.05) is 5.38 Å². The van der Waals surface area contributed by atoms with E-state index in [1.54, 1.807) is 11.3 Å². The van der Waals surface area contributed by atoms with E-state index in [0.29, 0.717) is 18.2 Å². The predicted octanol–water partition coefficient (Wildman–Crippen LogP) is 3.75. The van der Waals surface area contributed by atoms with E-state index in [4.69, 9.17) is 5.11 Å². The number of carboxylic acids is 1. The van der Waals surface area contributed by atoms with Crippen molar-refractivity contribution in [2.24, 2.45) is 0 Å². The molecule has 1 fully saturated rings. The van der Waals surface area contributed by atoms with Gasteiger partial charge in [-0.1, -0.05) is 0 Å². The molecule has 0 radical (unpaired) electrons. The molecule has 0 unspecified atom stereocenters. The number of aromatic carboxylic acids is 1. The summed E-state index contributed by atoms with van der Waals surface area (Å²) in [5.41, 5.74) is 1.82. The highest BCUT2D eigenvalue weighted by molar-refractivity contribution is 7.07. The molecule has 1 aliphatic carbocycles. The van der Waals surface area contributed by atoms with Gasteiger partial charge in [-0.25, -0.2) is 9.18 Å². The Balaban J connectivity index is 1.79. The lowest BCUT2D eigenvalue weighted by molar-refractivity contribution is 0.0696. The third kappa shape index (κ3) is 3.49. The van der Waals surface area contributed by atoms with E-state index in [1.165, 1.54) is 23.8 Å². The zero-order chi connectivity index (χ0) is 14.8. The highest BCUT2D eigenvalue weighted by Crippen LogP contribution is 2.30. The summed E-state index contributed by atoms with van der Waals surface area (Å²) >= 11 is 1.65. The Bertz CT molecular complexity index is 638. The van der Waals surface area contributed by atoms with Crippen LogP contribution in [-0.2, 0) is 13.1 Å². The Morgan fingerprint density at radius 1 is 1.33 bits per heavy atom. The van der Waals surface area contributed by atoms with Gasteiger partial charge < -0.3 is 5.11 Å². The Labute approximate surface area is 126 Å². The Kier molecular flexibility index (Phi) is 4.03. The summed E-state index contributed by atoms with van der Waals surface area (Å²) in [4.78, 5) is 13.2. The Morgan fingerprint density at radius 3 is 2.76 bits per heavy atom.